The first-order valence-corrected chi connectivity index (χ1v) is 7.43. The van der Waals surface area contributed by atoms with Crippen molar-refractivity contribution in [1.29, 1.82) is 0 Å². The first kappa shape index (κ1) is 14.8. The molecule has 2 rings (SSSR count). The Kier molecular flexibility index (Phi) is 5.36. The molecule has 1 N–H and O–H groups in total. The molecule has 0 amide bonds. The predicted octanol–water partition coefficient (Wildman–Crippen LogP) is 2.74. The molecule has 3 nitrogen and oxygen atoms in total. The van der Waals surface area contributed by atoms with Gasteiger partial charge >= 0.3 is 0 Å². The van der Waals surface area contributed by atoms with E-state index in [1.54, 1.807) is 0 Å². The van der Waals surface area contributed by atoms with Crippen LogP contribution in [0.3, 0.4) is 0 Å². The summed E-state index contributed by atoms with van der Waals surface area (Å²) in [6.07, 6.45) is 2.18. The lowest BCUT2D eigenvalue weighted by atomic mass is 9.94. The van der Waals surface area contributed by atoms with Gasteiger partial charge in [-0.3, -0.25) is 4.68 Å². The van der Waals surface area contributed by atoms with Crippen LogP contribution in [-0.2, 0) is 19.9 Å². The van der Waals surface area contributed by atoms with Gasteiger partial charge in [-0.05, 0) is 50.4 Å². The summed E-state index contributed by atoms with van der Waals surface area (Å²) < 4.78 is 2.01. The van der Waals surface area contributed by atoms with Gasteiger partial charge in [0.25, 0.3) is 0 Å². The second-order valence-corrected chi connectivity index (χ2v) is 5.47. The lowest BCUT2D eigenvalue weighted by Crippen LogP contribution is -2.26. The van der Waals surface area contributed by atoms with Crippen molar-refractivity contribution in [2.45, 2.75) is 26.7 Å². The Balaban J connectivity index is 2.05. The maximum absolute atomic E-state index is 4.45. The molecular weight excluding hydrogens is 246 g/mol. The zero-order valence-electron chi connectivity index (χ0n) is 12.8. The third-order valence-electron chi connectivity index (χ3n) is 3.65. The van der Waals surface area contributed by atoms with E-state index in [1.807, 2.05) is 11.7 Å². The first-order chi connectivity index (χ1) is 9.69. The van der Waals surface area contributed by atoms with E-state index in [0.717, 1.165) is 31.6 Å². The minimum absolute atomic E-state index is 0.604. The summed E-state index contributed by atoms with van der Waals surface area (Å²) in [5.41, 5.74) is 3.83. The zero-order valence-corrected chi connectivity index (χ0v) is 12.8. The summed E-state index contributed by atoms with van der Waals surface area (Å²) in [5.74, 6) is 0.604. The van der Waals surface area contributed by atoms with Crippen molar-refractivity contribution in [2.24, 2.45) is 13.0 Å². The summed E-state index contributed by atoms with van der Waals surface area (Å²) in [4.78, 5) is 0. The van der Waals surface area contributed by atoms with E-state index in [4.69, 9.17) is 0 Å². The molecule has 1 aromatic carbocycles. The zero-order chi connectivity index (χ0) is 14.4. The molecule has 0 saturated heterocycles. The van der Waals surface area contributed by atoms with Crippen LogP contribution in [0.25, 0.3) is 0 Å². The molecule has 1 unspecified atom stereocenters. The molecule has 0 saturated carbocycles. The normalized spacial score (nSPS) is 12.6. The minimum Gasteiger partial charge on any atom is -0.317 e. The number of rotatable bonds is 7. The average molecular weight is 271 g/mol. The van der Waals surface area contributed by atoms with Crippen molar-refractivity contribution in [3.8, 4) is 0 Å². The SMILES string of the molecule is CCNCC(Cc1ccccc1)Cc1cc(C)nn1C. The molecule has 0 aliphatic carbocycles. The standard InChI is InChI=1S/C17H25N3/c1-4-18-13-16(11-15-8-6-5-7-9-15)12-17-10-14(2)19-20(17)3/h5-10,16,18H,4,11-13H2,1-3H3. The molecule has 1 heterocycles. The van der Waals surface area contributed by atoms with Gasteiger partial charge in [-0.25, -0.2) is 0 Å². The Labute approximate surface area is 122 Å². The van der Waals surface area contributed by atoms with Crippen LogP contribution >= 0.6 is 0 Å². The van der Waals surface area contributed by atoms with Crippen molar-refractivity contribution in [3.63, 3.8) is 0 Å². The summed E-state index contributed by atoms with van der Waals surface area (Å²) in [6, 6.07) is 12.9. The van der Waals surface area contributed by atoms with Crippen molar-refractivity contribution in [1.82, 2.24) is 15.1 Å². The largest absolute Gasteiger partial charge is 0.317 e. The Morgan fingerprint density at radius 2 is 1.95 bits per heavy atom. The summed E-state index contributed by atoms with van der Waals surface area (Å²) in [7, 11) is 2.04. The molecule has 1 atom stereocenters. The fourth-order valence-electron chi connectivity index (χ4n) is 2.66. The molecule has 2 aromatic rings. The molecule has 108 valence electrons. The molecule has 3 heteroatoms. The van der Waals surface area contributed by atoms with E-state index >= 15 is 0 Å². The minimum atomic E-state index is 0.604. The van der Waals surface area contributed by atoms with Crippen molar-refractivity contribution in [3.05, 3.63) is 53.3 Å². The Bertz CT molecular complexity index is 516. The molecule has 0 radical (unpaired) electrons. The van der Waals surface area contributed by atoms with Gasteiger partial charge in [0, 0.05) is 12.7 Å². The Morgan fingerprint density at radius 1 is 1.20 bits per heavy atom. The van der Waals surface area contributed by atoms with E-state index in [9.17, 15) is 0 Å². The monoisotopic (exact) mass is 271 g/mol. The second-order valence-electron chi connectivity index (χ2n) is 5.47. The van der Waals surface area contributed by atoms with E-state index in [2.05, 4.69) is 60.7 Å². The Morgan fingerprint density at radius 3 is 2.55 bits per heavy atom. The van der Waals surface area contributed by atoms with Crippen LogP contribution in [0.1, 0.15) is 23.9 Å². The van der Waals surface area contributed by atoms with Crippen LogP contribution in [0.4, 0.5) is 0 Å². The predicted molar refractivity (Wildman–Crippen MR) is 83.8 cm³/mol. The van der Waals surface area contributed by atoms with E-state index in [1.165, 1.54) is 11.3 Å². The van der Waals surface area contributed by atoms with Gasteiger partial charge in [0.1, 0.15) is 0 Å². The number of hydrogen-bond donors (Lipinski definition) is 1. The van der Waals surface area contributed by atoms with Crippen LogP contribution in [0.2, 0.25) is 0 Å². The van der Waals surface area contributed by atoms with Gasteiger partial charge in [0.2, 0.25) is 0 Å². The smallest absolute Gasteiger partial charge is 0.0596 e. The van der Waals surface area contributed by atoms with Gasteiger partial charge in [0.15, 0.2) is 0 Å². The van der Waals surface area contributed by atoms with Crippen molar-refractivity contribution < 1.29 is 0 Å². The van der Waals surface area contributed by atoms with Crippen LogP contribution in [0, 0.1) is 12.8 Å². The lowest BCUT2D eigenvalue weighted by Gasteiger charge is -2.17. The van der Waals surface area contributed by atoms with Crippen molar-refractivity contribution in [2.75, 3.05) is 13.1 Å². The van der Waals surface area contributed by atoms with E-state index in [-0.39, 0.29) is 0 Å². The van der Waals surface area contributed by atoms with Gasteiger partial charge in [-0.1, -0.05) is 37.3 Å². The van der Waals surface area contributed by atoms with E-state index < -0.39 is 0 Å². The molecule has 0 aliphatic rings. The highest BCUT2D eigenvalue weighted by molar-refractivity contribution is 5.16. The third kappa shape index (κ3) is 4.20. The lowest BCUT2D eigenvalue weighted by molar-refractivity contribution is 0.464. The maximum Gasteiger partial charge on any atom is 0.0596 e. The van der Waals surface area contributed by atoms with Crippen LogP contribution in [0.15, 0.2) is 36.4 Å². The molecule has 1 aromatic heterocycles. The number of nitrogens with one attached hydrogen (secondary N) is 1. The van der Waals surface area contributed by atoms with Crippen LogP contribution in [-0.4, -0.2) is 22.9 Å². The summed E-state index contributed by atoms with van der Waals surface area (Å²) >= 11 is 0. The number of nitrogens with zero attached hydrogens (tertiary/aromatic N) is 2. The quantitative estimate of drug-likeness (QED) is 0.839. The average Bonchev–Trinajstić information content (AvgIpc) is 2.75. The van der Waals surface area contributed by atoms with Crippen LogP contribution in [0.5, 0.6) is 0 Å². The van der Waals surface area contributed by atoms with Gasteiger partial charge in [-0.2, -0.15) is 5.10 Å². The second kappa shape index (κ2) is 7.25. The maximum atomic E-state index is 4.45. The Hall–Kier alpha value is -1.61. The number of benzene rings is 1. The summed E-state index contributed by atoms with van der Waals surface area (Å²) in [5, 5.41) is 7.93. The first-order valence-electron chi connectivity index (χ1n) is 7.43. The number of aromatic nitrogens is 2. The highest BCUT2D eigenvalue weighted by Gasteiger charge is 2.13. The highest BCUT2D eigenvalue weighted by Crippen LogP contribution is 2.15. The van der Waals surface area contributed by atoms with E-state index in [0.29, 0.717) is 5.92 Å². The fraction of sp³-hybridized carbons (Fsp3) is 0.471. The molecule has 0 fully saturated rings. The topological polar surface area (TPSA) is 29.9 Å². The van der Waals surface area contributed by atoms with Gasteiger partial charge in [0.05, 0.1) is 5.69 Å². The van der Waals surface area contributed by atoms with Crippen molar-refractivity contribution >= 4 is 0 Å². The summed E-state index contributed by atoms with van der Waals surface area (Å²) in [6.45, 7) is 6.29. The van der Waals surface area contributed by atoms with Gasteiger partial charge in [-0.15, -0.1) is 0 Å². The fourth-order valence-corrected chi connectivity index (χ4v) is 2.66. The molecular formula is C17H25N3. The molecule has 20 heavy (non-hydrogen) atoms. The van der Waals surface area contributed by atoms with Crippen LogP contribution < -0.4 is 5.32 Å². The molecule has 0 spiro atoms. The number of hydrogen-bond acceptors (Lipinski definition) is 2. The van der Waals surface area contributed by atoms with Gasteiger partial charge < -0.3 is 5.32 Å². The molecule has 0 aliphatic heterocycles. The number of aryl methyl sites for hydroxylation is 2. The molecule has 0 bridgehead atoms. The highest BCUT2D eigenvalue weighted by atomic mass is 15.3. The third-order valence-corrected chi connectivity index (χ3v) is 3.65.